The zero-order chi connectivity index (χ0) is 17.6. The van der Waals surface area contributed by atoms with Crippen LogP contribution < -0.4 is 9.64 Å². The molecule has 0 fully saturated rings. The normalized spacial score (nSPS) is 10.5. The van der Waals surface area contributed by atoms with Crippen LogP contribution in [-0.4, -0.2) is 38.3 Å². The number of aromatic nitrogens is 1. The number of para-hydroxylation sites is 1. The van der Waals surface area contributed by atoms with Gasteiger partial charge in [-0.25, -0.2) is 4.79 Å². The Morgan fingerprint density at radius 3 is 2.68 bits per heavy atom. The number of fused-ring (bicyclic) bond motifs is 1. The van der Waals surface area contributed by atoms with Gasteiger partial charge in [-0.2, -0.15) is 0 Å². The third-order valence-corrected chi connectivity index (χ3v) is 3.97. The SMILES string of the molecule is COC(=O)c1cnc2cc(OCCN(C)c3ccccc3)ccc2c1. The van der Waals surface area contributed by atoms with Gasteiger partial charge in [-0.05, 0) is 30.3 Å². The van der Waals surface area contributed by atoms with Crippen molar-refractivity contribution >= 4 is 22.6 Å². The van der Waals surface area contributed by atoms with Crippen molar-refractivity contribution in [1.29, 1.82) is 0 Å². The van der Waals surface area contributed by atoms with E-state index in [-0.39, 0.29) is 0 Å². The van der Waals surface area contributed by atoms with Gasteiger partial charge in [-0.15, -0.1) is 0 Å². The number of carbonyl (C=O) groups excluding carboxylic acids is 1. The summed E-state index contributed by atoms with van der Waals surface area (Å²) in [7, 11) is 3.39. The van der Waals surface area contributed by atoms with E-state index in [0.717, 1.165) is 28.9 Å². The molecule has 3 rings (SSSR count). The van der Waals surface area contributed by atoms with Crippen LogP contribution in [-0.2, 0) is 4.74 Å². The van der Waals surface area contributed by atoms with Crippen LogP contribution in [0.15, 0.2) is 60.8 Å². The van der Waals surface area contributed by atoms with Crippen molar-refractivity contribution in [3.05, 3.63) is 66.4 Å². The first-order chi connectivity index (χ1) is 12.2. The summed E-state index contributed by atoms with van der Waals surface area (Å²) in [6.45, 7) is 1.34. The average molecular weight is 336 g/mol. The molecule has 5 heteroatoms. The summed E-state index contributed by atoms with van der Waals surface area (Å²) in [6, 6.07) is 17.6. The molecule has 5 nitrogen and oxygen atoms in total. The summed E-state index contributed by atoms with van der Waals surface area (Å²) in [5, 5.41) is 0.872. The van der Waals surface area contributed by atoms with Crippen LogP contribution in [0.3, 0.4) is 0 Å². The van der Waals surface area contributed by atoms with Crippen molar-refractivity contribution in [2.45, 2.75) is 0 Å². The first-order valence-corrected chi connectivity index (χ1v) is 8.04. The van der Waals surface area contributed by atoms with Gasteiger partial charge in [0.05, 0.1) is 24.7 Å². The van der Waals surface area contributed by atoms with Gasteiger partial charge >= 0.3 is 5.97 Å². The predicted molar refractivity (Wildman–Crippen MR) is 98.3 cm³/mol. The molecule has 0 radical (unpaired) electrons. The number of ether oxygens (including phenoxy) is 2. The zero-order valence-electron chi connectivity index (χ0n) is 14.3. The Kier molecular flexibility index (Phi) is 5.14. The van der Waals surface area contributed by atoms with Gasteiger partial charge in [0.25, 0.3) is 0 Å². The van der Waals surface area contributed by atoms with E-state index in [0.29, 0.717) is 12.2 Å². The van der Waals surface area contributed by atoms with Gasteiger partial charge < -0.3 is 14.4 Å². The minimum Gasteiger partial charge on any atom is -0.492 e. The molecule has 25 heavy (non-hydrogen) atoms. The molecule has 0 amide bonds. The molecule has 0 aliphatic heterocycles. The number of rotatable bonds is 6. The Labute approximate surface area is 146 Å². The second kappa shape index (κ2) is 7.66. The third kappa shape index (κ3) is 4.07. The lowest BCUT2D eigenvalue weighted by molar-refractivity contribution is 0.0600. The minimum absolute atomic E-state index is 0.390. The number of anilines is 1. The summed E-state index contributed by atoms with van der Waals surface area (Å²) in [4.78, 5) is 18.0. The Morgan fingerprint density at radius 1 is 1.12 bits per heavy atom. The number of pyridine rings is 1. The molecule has 1 aromatic heterocycles. The summed E-state index contributed by atoms with van der Waals surface area (Å²) in [5.74, 6) is 0.367. The molecule has 0 spiro atoms. The summed E-state index contributed by atoms with van der Waals surface area (Å²) in [6.07, 6.45) is 1.52. The molecule has 0 saturated heterocycles. The molecule has 0 atom stereocenters. The molecule has 2 aromatic carbocycles. The van der Waals surface area contributed by atoms with Crippen LogP contribution in [0, 0.1) is 0 Å². The van der Waals surface area contributed by atoms with Gasteiger partial charge in [0, 0.05) is 30.4 Å². The zero-order valence-corrected chi connectivity index (χ0v) is 14.3. The molecule has 128 valence electrons. The van der Waals surface area contributed by atoms with Gasteiger partial charge in [0.2, 0.25) is 0 Å². The second-order valence-corrected chi connectivity index (χ2v) is 5.68. The van der Waals surface area contributed by atoms with Crippen LogP contribution in [0.25, 0.3) is 10.9 Å². The Hall–Kier alpha value is -3.08. The Balaban J connectivity index is 1.63. The number of likely N-dealkylation sites (N-methyl/N-ethyl adjacent to an activating group) is 1. The summed E-state index contributed by atoms with van der Waals surface area (Å²) >= 11 is 0. The number of esters is 1. The van der Waals surface area contributed by atoms with E-state index in [1.807, 2.05) is 43.4 Å². The predicted octanol–water partition coefficient (Wildman–Crippen LogP) is 3.54. The standard InChI is InChI=1S/C20H20N2O3/c1-22(17-6-4-3-5-7-17)10-11-25-18-9-8-15-12-16(20(23)24-2)14-21-19(15)13-18/h3-9,12-14H,10-11H2,1-2H3. The number of benzene rings is 2. The van der Waals surface area contributed by atoms with E-state index < -0.39 is 5.97 Å². The smallest absolute Gasteiger partial charge is 0.339 e. The second-order valence-electron chi connectivity index (χ2n) is 5.68. The van der Waals surface area contributed by atoms with Crippen LogP contribution in [0.5, 0.6) is 5.75 Å². The summed E-state index contributed by atoms with van der Waals surface area (Å²) < 4.78 is 10.5. The average Bonchev–Trinajstić information content (AvgIpc) is 2.67. The third-order valence-electron chi connectivity index (χ3n) is 3.97. The number of hydrogen-bond acceptors (Lipinski definition) is 5. The number of hydrogen-bond donors (Lipinski definition) is 0. The molecule has 1 heterocycles. The van der Waals surface area contributed by atoms with Crippen molar-refractivity contribution in [1.82, 2.24) is 4.98 Å². The van der Waals surface area contributed by atoms with E-state index in [1.165, 1.54) is 13.3 Å². The fraction of sp³-hybridized carbons (Fsp3) is 0.200. The molecule has 0 aliphatic carbocycles. The lowest BCUT2D eigenvalue weighted by Gasteiger charge is -2.19. The molecule has 0 unspecified atom stereocenters. The molecular weight excluding hydrogens is 316 g/mol. The molecule has 0 N–H and O–H groups in total. The highest BCUT2D eigenvalue weighted by molar-refractivity contribution is 5.93. The Bertz CT molecular complexity index is 865. The highest BCUT2D eigenvalue weighted by Crippen LogP contribution is 2.20. The molecule has 0 aliphatic rings. The topological polar surface area (TPSA) is 51.7 Å². The van der Waals surface area contributed by atoms with Crippen LogP contribution in [0.1, 0.15) is 10.4 Å². The van der Waals surface area contributed by atoms with E-state index in [2.05, 4.69) is 22.0 Å². The Morgan fingerprint density at radius 2 is 1.92 bits per heavy atom. The van der Waals surface area contributed by atoms with E-state index in [9.17, 15) is 4.79 Å². The highest BCUT2D eigenvalue weighted by atomic mass is 16.5. The molecule has 0 saturated carbocycles. The van der Waals surface area contributed by atoms with Crippen LogP contribution in [0.2, 0.25) is 0 Å². The van der Waals surface area contributed by atoms with Crippen molar-refractivity contribution in [3.8, 4) is 5.75 Å². The largest absolute Gasteiger partial charge is 0.492 e. The maximum absolute atomic E-state index is 11.6. The van der Waals surface area contributed by atoms with Crippen LogP contribution >= 0.6 is 0 Å². The lowest BCUT2D eigenvalue weighted by atomic mass is 10.1. The quantitative estimate of drug-likeness (QED) is 0.645. The van der Waals surface area contributed by atoms with E-state index >= 15 is 0 Å². The summed E-state index contributed by atoms with van der Waals surface area (Å²) in [5.41, 5.74) is 2.37. The van der Waals surface area contributed by atoms with Gasteiger partial charge in [0.15, 0.2) is 0 Å². The van der Waals surface area contributed by atoms with Gasteiger partial charge in [-0.3, -0.25) is 4.98 Å². The number of methoxy groups -OCH3 is 1. The fourth-order valence-electron chi connectivity index (χ4n) is 2.53. The minimum atomic E-state index is -0.390. The fourth-order valence-corrected chi connectivity index (χ4v) is 2.53. The molecular formula is C20H20N2O3. The number of carbonyl (C=O) groups is 1. The monoisotopic (exact) mass is 336 g/mol. The molecule has 3 aromatic rings. The lowest BCUT2D eigenvalue weighted by Crippen LogP contribution is -2.23. The first-order valence-electron chi connectivity index (χ1n) is 8.04. The molecule has 0 bridgehead atoms. The van der Waals surface area contributed by atoms with E-state index in [4.69, 9.17) is 9.47 Å². The maximum Gasteiger partial charge on any atom is 0.339 e. The van der Waals surface area contributed by atoms with Gasteiger partial charge in [-0.1, -0.05) is 18.2 Å². The van der Waals surface area contributed by atoms with Crippen molar-refractivity contribution in [2.24, 2.45) is 0 Å². The van der Waals surface area contributed by atoms with E-state index in [1.54, 1.807) is 6.07 Å². The highest BCUT2D eigenvalue weighted by Gasteiger charge is 2.08. The van der Waals surface area contributed by atoms with Crippen molar-refractivity contribution in [2.75, 3.05) is 32.2 Å². The van der Waals surface area contributed by atoms with Crippen molar-refractivity contribution < 1.29 is 14.3 Å². The van der Waals surface area contributed by atoms with Crippen LogP contribution in [0.4, 0.5) is 5.69 Å². The van der Waals surface area contributed by atoms with Crippen molar-refractivity contribution in [3.63, 3.8) is 0 Å². The maximum atomic E-state index is 11.6. The number of nitrogens with zero attached hydrogens (tertiary/aromatic N) is 2. The van der Waals surface area contributed by atoms with Gasteiger partial charge in [0.1, 0.15) is 12.4 Å². The first kappa shape index (κ1) is 16.8.